The molecule has 1 rings (SSSR count). The Hall–Kier alpha value is -0.190. The van der Waals surface area contributed by atoms with Gasteiger partial charge in [-0.25, -0.2) is 0 Å². The first-order chi connectivity index (χ1) is 7.15. The van der Waals surface area contributed by atoms with Gasteiger partial charge in [0.2, 0.25) is 0 Å². The fourth-order valence-corrected chi connectivity index (χ4v) is 1.52. The van der Waals surface area contributed by atoms with Crippen LogP contribution in [0, 0.1) is 0 Å². The maximum Gasteiger partial charge on any atom is 0.0823 e. The minimum absolute atomic E-state index is 0. The number of nitrogens with two attached hydrogens (primary N) is 1. The number of hydrogen-bond acceptors (Lipinski definition) is 3. The van der Waals surface area contributed by atoms with Gasteiger partial charge in [-0.2, -0.15) is 0 Å². The van der Waals surface area contributed by atoms with Crippen molar-refractivity contribution in [3.05, 3.63) is 28.2 Å². The Labute approximate surface area is 111 Å². The van der Waals surface area contributed by atoms with E-state index in [0.29, 0.717) is 23.0 Å². The molecule has 3 nitrogen and oxygen atoms in total. The summed E-state index contributed by atoms with van der Waals surface area (Å²) < 4.78 is 0. The van der Waals surface area contributed by atoms with Crippen LogP contribution in [0.25, 0.3) is 0 Å². The fourth-order valence-electron chi connectivity index (χ4n) is 1.15. The number of hydrogen-bond donors (Lipinski definition) is 3. The molecule has 0 heterocycles. The first-order valence-corrected chi connectivity index (χ1v) is 5.45. The van der Waals surface area contributed by atoms with Crippen LogP contribution in [-0.4, -0.2) is 24.3 Å². The molecule has 0 saturated carbocycles. The normalized spacial score (nSPS) is 11.8. The Kier molecular flexibility index (Phi) is 7.89. The van der Waals surface area contributed by atoms with Gasteiger partial charge in [0.05, 0.1) is 15.7 Å². The summed E-state index contributed by atoms with van der Waals surface area (Å²) in [6.45, 7) is 0.646. The number of rotatable bonds is 5. The molecular formula is C10H15Cl3N2O. The molecule has 0 radical (unpaired) electrons. The van der Waals surface area contributed by atoms with Crippen molar-refractivity contribution < 1.29 is 5.11 Å². The summed E-state index contributed by atoms with van der Waals surface area (Å²) in [7, 11) is 0. The zero-order valence-electron chi connectivity index (χ0n) is 8.62. The SMILES string of the molecule is Cl.NC(CCO)CNc1cccc(Cl)c1Cl. The lowest BCUT2D eigenvalue weighted by Gasteiger charge is -2.13. The highest BCUT2D eigenvalue weighted by atomic mass is 35.5. The van der Waals surface area contributed by atoms with Crippen molar-refractivity contribution in [2.24, 2.45) is 5.73 Å². The Morgan fingerprint density at radius 3 is 2.69 bits per heavy atom. The fraction of sp³-hybridized carbons (Fsp3) is 0.400. The molecule has 1 aromatic rings. The second kappa shape index (κ2) is 7.98. The molecule has 0 spiro atoms. The molecule has 0 amide bonds. The topological polar surface area (TPSA) is 58.3 Å². The van der Waals surface area contributed by atoms with E-state index in [2.05, 4.69) is 5.32 Å². The number of aliphatic hydroxyl groups is 1. The van der Waals surface area contributed by atoms with Crippen LogP contribution in [0.2, 0.25) is 10.0 Å². The van der Waals surface area contributed by atoms with E-state index in [9.17, 15) is 0 Å². The van der Waals surface area contributed by atoms with Gasteiger partial charge in [0.25, 0.3) is 0 Å². The third-order valence-corrected chi connectivity index (χ3v) is 2.83. The quantitative estimate of drug-likeness (QED) is 0.779. The Morgan fingerprint density at radius 2 is 2.06 bits per heavy atom. The third kappa shape index (κ3) is 4.76. The molecule has 1 aromatic carbocycles. The minimum atomic E-state index is -0.0925. The van der Waals surface area contributed by atoms with Gasteiger partial charge in [-0.05, 0) is 18.6 Å². The molecule has 0 aliphatic carbocycles. The van der Waals surface area contributed by atoms with Gasteiger partial charge in [-0.15, -0.1) is 12.4 Å². The summed E-state index contributed by atoms with van der Waals surface area (Å²) >= 11 is 11.8. The molecule has 0 aliphatic rings. The van der Waals surface area contributed by atoms with Crippen molar-refractivity contribution in [3.8, 4) is 0 Å². The molecule has 0 bridgehead atoms. The number of aliphatic hydroxyl groups excluding tert-OH is 1. The van der Waals surface area contributed by atoms with E-state index in [1.165, 1.54) is 0 Å². The molecule has 1 unspecified atom stereocenters. The van der Waals surface area contributed by atoms with E-state index in [0.717, 1.165) is 5.69 Å². The van der Waals surface area contributed by atoms with Crippen LogP contribution in [-0.2, 0) is 0 Å². The van der Waals surface area contributed by atoms with Crippen LogP contribution in [0.1, 0.15) is 6.42 Å². The van der Waals surface area contributed by atoms with E-state index in [4.69, 9.17) is 34.0 Å². The van der Waals surface area contributed by atoms with E-state index in [1.54, 1.807) is 6.07 Å². The predicted molar refractivity (Wildman–Crippen MR) is 71.9 cm³/mol. The maximum atomic E-state index is 8.68. The third-order valence-electron chi connectivity index (χ3n) is 2.01. The standard InChI is InChI=1S/C10H14Cl2N2O.ClH/c11-8-2-1-3-9(10(8)12)14-6-7(13)4-5-15;/h1-3,7,14-15H,4-6,13H2;1H. The highest BCUT2D eigenvalue weighted by Gasteiger charge is 2.05. The maximum absolute atomic E-state index is 8.68. The zero-order valence-corrected chi connectivity index (χ0v) is 10.9. The number of halogens is 3. The van der Waals surface area contributed by atoms with E-state index >= 15 is 0 Å². The van der Waals surface area contributed by atoms with Crippen LogP contribution >= 0.6 is 35.6 Å². The van der Waals surface area contributed by atoms with Crippen LogP contribution in [0.5, 0.6) is 0 Å². The smallest absolute Gasteiger partial charge is 0.0823 e. The van der Waals surface area contributed by atoms with Crippen LogP contribution in [0.4, 0.5) is 5.69 Å². The lowest BCUT2D eigenvalue weighted by Crippen LogP contribution is -2.30. The molecule has 0 fully saturated rings. The number of benzene rings is 1. The summed E-state index contributed by atoms with van der Waals surface area (Å²) in [6, 6.07) is 5.28. The molecule has 0 aromatic heterocycles. The van der Waals surface area contributed by atoms with E-state index < -0.39 is 0 Å². The molecule has 0 saturated heterocycles. The molecule has 92 valence electrons. The largest absolute Gasteiger partial charge is 0.396 e. The van der Waals surface area contributed by atoms with Gasteiger partial charge in [0.15, 0.2) is 0 Å². The molecule has 1 atom stereocenters. The minimum Gasteiger partial charge on any atom is -0.396 e. The summed E-state index contributed by atoms with van der Waals surface area (Å²) in [6.07, 6.45) is 0.561. The molecule has 4 N–H and O–H groups in total. The summed E-state index contributed by atoms with van der Waals surface area (Å²) in [5.41, 5.74) is 6.48. The molecule has 6 heteroatoms. The number of anilines is 1. The van der Waals surface area contributed by atoms with Crippen molar-refractivity contribution in [1.82, 2.24) is 0 Å². The Balaban J connectivity index is 0.00000225. The van der Waals surface area contributed by atoms with Gasteiger partial charge >= 0.3 is 0 Å². The first kappa shape index (κ1) is 15.8. The zero-order chi connectivity index (χ0) is 11.3. The van der Waals surface area contributed by atoms with Gasteiger partial charge < -0.3 is 16.2 Å². The van der Waals surface area contributed by atoms with Crippen molar-refractivity contribution in [1.29, 1.82) is 0 Å². The van der Waals surface area contributed by atoms with Crippen molar-refractivity contribution in [2.45, 2.75) is 12.5 Å². The molecule has 0 aliphatic heterocycles. The van der Waals surface area contributed by atoms with Gasteiger partial charge in [-0.3, -0.25) is 0 Å². The van der Waals surface area contributed by atoms with Crippen LogP contribution in [0.3, 0.4) is 0 Å². The van der Waals surface area contributed by atoms with Crippen LogP contribution in [0.15, 0.2) is 18.2 Å². The summed E-state index contributed by atoms with van der Waals surface area (Å²) in [5, 5.41) is 12.8. The van der Waals surface area contributed by atoms with Crippen molar-refractivity contribution in [3.63, 3.8) is 0 Å². The van der Waals surface area contributed by atoms with E-state index in [1.807, 2.05) is 12.1 Å². The lowest BCUT2D eigenvalue weighted by atomic mass is 10.2. The molecular weight excluding hydrogens is 270 g/mol. The predicted octanol–water partition coefficient (Wildman–Crippen LogP) is 2.54. The van der Waals surface area contributed by atoms with Crippen LogP contribution < -0.4 is 11.1 Å². The summed E-state index contributed by atoms with van der Waals surface area (Å²) in [4.78, 5) is 0. The second-order valence-electron chi connectivity index (χ2n) is 3.25. The van der Waals surface area contributed by atoms with E-state index in [-0.39, 0.29) is 25.1 Å². The Morgan fingerprint density at radius 1 is 1.38 bits per heavy atom. The monoisotopic (exact) mass is 284 g/mol. The first-order valence-electron chi connectivity index (χ1n) is 4.69. The number of nitrogens with one attached hydrogen (secondary N) is 1. The van der Waals surface area contributed by atoms with Crippen molar-refractivity contribution in [2.75, 3.05) is 18.5 Å². The van der Waals surface area contributed by atoms with Gasteiger partial charge in [0, 0.05) is 19.2 Å². The van der Waals surface area contributed by atoms with Crippen molar-refractivity contribution >= 4 is 41.3 Å². The lowest BCUT2D eigenvalue weighted by molar-refractivity contribution is 0.277. The second-order valence-corrected chi connectivity index (χ2v) is 4.04. The summed E-state index contributed by atoms with van der Waals surface area (Å²) in [5.74, 6) is 0. The molecule has 16 heavy (non-hydrogen) atoms. The highest BCUT2D eigenvalue weighted by Crippen LogP contribution is 2.29. The van der Waals surface area contributed by atoms with Gasteiger partial charge in [-0.1, -0.05) is 29.3 Å². The highest BCUT2D eigenvalue weighted by molar-refractivity contribution is 6.43. The average molecular weight is 286 g/mol. The average Bonchev–Trinajstić information content (AvgIpc) is 2.21. The Bertz CT molecular complexity index is 323. The van der Waals surface area contributed by atoms with Gasteiger partial charge in [0.1, 0.15) is 0 Å².